The van der Waals surface area contributed by atoms with Crippen LogP contribution in [0.5, 0.6) is 0 Å². The van der Waals surface area contributed by atoms with Crippen molar-refractivity contribution in [2.75, 3.05) is 0 Å². The lowest BCUT2D eigenvalue weighted by molar-refractivity contribution is -0.137. The van der Waals surface area contributed by atoms with Crippen LogP contribution in [0, 0.1) is 11.8 Å². The molecule has 1 unspecified atom stereocenters. The van der Waals surface area contributed by atoms with Crippen LogP contribution >= 0.6 is 0 Å². The van der Waals surface area contributed by atoms with Crippen molar-refractivity contribution < 1.29 is 9.90 Å². The molecule has 0 aliphatic heterocycles. The number of carbonyl (C=O) groups is 1. The van der Waals surface area contributed by atoms with E-state index in [-0.39, 0.29) is 12.3 Å². The maximum Gasteiger partial charge on any atom is 0.304 e. The van der Waals surface area contributed by atoms with E-state index in [1.165, 1.54) is 6.33 Å². The molecule has 1 atom stereocenters. The molecule has 100 valence electrons. The van der Waals surface area contributed by atoms with Crippen molar-refractivity contribution in [2.24, 2.45) is 0 Å². The summed E-state index contributed by atoms with van der Waals surface area (Å²) in [4.78, 5) is 18.8. The van der Waals surface area contributed by atoms with Gasteiger partial charge in [-0.25, -0.2) is 9.97 Å². The Balaban J connectivity index is 2.26. The first-order chi connectivity index (χ1) is 9.70. The van der Waals surface area contributed by atoms with E-state index in [1.807, 2.05) is 24.3 Å². The van der Waals surface area contributed by atoms with Crippen molar-refractivity contribution >= 4 is 5.97 Å². The van der Waals surface area contributed by atoms with E-state index in [0.717, 1.165) is 16.7 Å². The van der Waals surface area contributed by atoms with Crippen LogP contribution in [0.1, 0.15) is 24.8 Å². The lowest BCUT2D eigenvalue weighted by atomic mass is 9.94. The van der Waals surface area contributed by atoms with Gasteiger partial charge in [-0.05, 0) is 18.1 Å². The van der Waals surface area contributed by atoms with Crippen LogP contribution in [0.2, 0.25) is 0 Å². The summed E-state index contributed by atoms with van der Waals surface area (Å²) < 4.78 is 0. The fourth-order valence-corrected chi connectivity index (χ4v) is 1.96. The molecule has 0 aliphatic carbocycles. The number of hydrogen-bond donors (Lipinski definition) is 1. The van der Waals surface area contributed by atoms with Crippen LogP contribution in [0.4, 0.5) is 0 Å². The highest BCUT2D eigenvalue weighted by Crippen LogP contribution is 2.23. The standard InChI is InChI=1S/C16H14N2O2/c1-2-3-14(8-16(19)20)12-4-6-13(7-5-12)15-9-17-11-18-10-15/h4-7,9-11,14H,8H2,1H3,(H,19,20). The molecule has 2 rings (SSSR count). The molecule has 0 bridgehead atoms. The van der Waals surface area contributed by atoms with Gasteiger partial charge in [0.15, 0.2) is 0 Å². The third-order valence-corrected chi connectivity index (χ3v) is 2.90. The summed E-state index contributed by atoms with van der Waals surface area (Å²) in [6, 6.07) is 7.67. The first kappa shape index (κ1) is 13.8. The number of benzene rings is 1. The predicted octanol–water partition coefficient (Wildman–Crippen LogP) is 2.73. The first-order valence-corrected chi connectivity index (χ1v) is 6.20. The molecule has 4 heteroatoms. The van der Waals surface area contributed by atoms with Crippen LogP contribution in [-0.2, 0) is 4.79 Å². The molecule has 1 aromatic heterocycles. The first-order valence-electron chi connectivity index (χ1n) is 6.20. The number of rotatable bonds is 4. The average molecular weight is 266 g/mol. The molecule has 0 aliphatic rings. The van der Waals surface area contributed by atoms with Crippen molar-refractivity contribution in [3.8, 4) is 23.0 Å². The van der Waals surface area contributed by atoms with Gasteiger partial charge in [0, 0.05) is 18.0 Å². The fraction of sp³-hybridized carbons (Fsp3) is 0.188. The van der Waals surface area contributed by atoms with Gasteiger partial charge < -0.3 is 5.11 Å². The molecule has 20 heavy (non-hydrogen) atoms. The molecule has 1 aromatic carbocycles. The zero-order valence-electron chi connectivity index (χ0n) is 11.1. The van der Waals surface area contributed by atoms with Gasteiger partial charge in [0.25, 0.3) is 0 Å². The van der Waals surface area contributed by atoms with Crippen LogP contribution in [0.25, 0.3) is 11.1 Å². The molecule has 0 amide bonds. The molecule has 4 nitrogen and oxygen atoms in total. The van der Waals surface area contributed by atoms with E-state index in [0.29, 0.717) is 0 Å². The van der Waals surface area contributed by atoms with Gasteiger partial charge in [-0.2, -0.15) is 0 Å². The lowest BCUT2D eigenvalue weighted by Gasteiger charge is -2.09. The topological polar surface area (TPSA) is 63.1 Å². The van der Waals surface area contributed by atoms with E-state index < -0.39 is 5.97 Å². The van der Waals surface area contributed by atoms with E-state index in [1.54, 1.807) is 19.3 Å². The van der Waals surface area contributed by atoms with Crippen LogP contribution in [0.3, 0.4) is 0 Å². The van der Waals surface area contributed by atoms with Gasteiger partial charge in [-0.15, -0.1) is 5.92 Å². The second-order valence-electron chi connectivity index (χ2n) is 4.29. The van der Waals surface area contributed by atoms with Crippen LogP contribution in [0.15, 0.2) is 43.0 Å². The SMILES string of the molecule is CC#CC(CC(=O)O)c1ccc(-c2cncnc2)cc1. The van der Waals surface area contributed by atoms with Gasteiger partial charge in [0.05, 0.1) is 12.3 Å². The fourth-order valence-electron chi connectivity index (χ4n) is 1.96. The number of hydrogen-bond acceptors (Lipinski definition) is 3. The summed E-state index contributed by atoms with van der Waals surface area (Å²) in [6.45, 7) is 1.71. The molecular weight excluding hydrogens is 252 g/mol. The number of carboxylic acid groups (broad SMARTS) is 1. The highest BCUT2D eigenvalue weighted by atomic mass is 16.4. The minimum Gasteiger partial charge on any atom is -0.481 e. The third kappa shape index (κ3) is 3.42. The van der Waals surface area contributed by atoms with Crippen LogP contribution in [-0.4, -0.2) is 21.0 Å². The molecule has 0 saturated heterocycles. The highest BCUT2D eigenvalue weighted by Gasteiger charge is 2.13. The molecule has 1 heterocycles. The summed E-state index contributed by atoms with van der Waals surface area (Å²) in [5.74, 6) is 4.59. The normalized spacial score (nSPS) is 11.2. The smallest absolute Gasteiger partial charge is 0.304 e. The predicted molar refractivity (Wildman–Crippen MR) is 75.9 cm³/mol. The Kier molecular flexibility index (Phi) is 4.46. The molecule has 0 saturated carbocycles. The number of carboxylic acids is 1. The second kappa shape index (κ2) is 6.48. The molecule has 1 N–H and O–H groups in total. The van der Waals surface area contributed by atoms with Gasteiger partial charge in [0.1, 0.15) is 6.33 Å². The van der Waals surface area contributed by atoms with E-state index in [2.05, 4.69) is 21.8 Å². The molecule has 2 aromatic rings. The quantitative estimate of drug-likeness (QED) is 0.864. The monoisotopic (exact) mass is 266 g/mol. The molecule has 0 fully saturated rings. The van der Waals surface area contributed by atoms with E-state index >= 15 is 0 Å². The Labute approximate surface area is 117 Å². The Morgan fingerprint density at radius 1 is 1.20 bits per heavy atom. The van der Waals surface area contributed by atoms with Gasteiger partial charge in [-0.3, -0.25) is 4.79 Å². The zero-order chi connectivity index (χ0) is 14.4. The minimum atomic E-state index is -0.849. The maximum atomic E-state index is 10.9. The Morgan fingerprint density at radius 3 is 2.40 bits per heavy atom. The molecular formula is C16H14N2O2. The Bertz CT molecular complexity index is 640. The number of aromatic nitrogens is 2. The maximum absolute atomic E-state index is 10.9. The molecule has 0 radical (unpaired) electrons. The van der Waals surface area contributed by atoms with E-state index in [4.69, 9.17) is 5.11 Å². The Hall–Kier alpha value is -2.67. The van der Waals surface area contributed by atoms with Gasteiger partial charge in [0.2, 0.25) is 0 Å². The van der Waals surface area contributed by atoms with Crippen molar-refractivity contribution in [3.05, 3.63) is 48.5 Å². The average Bonchev–Trinajstić information content (AvgIpc) is 2.47. The summed E-state index contributed by atoms with van der Waals surface area (Å²) in [7, 11) is 0. The van der Waals surface area contributed by atoms with Gasteiger partial charge >= 0.3 is 5.97 Å². The Morgan fingerprint density at radius 2 is 1.85 bits per heavy atom. The lowest BCUT2D eigenvalue weighted by Crippen LogP contribution is -2.04. The van der Waals surface area contributed by atoms with E-state index in [9.17, 15) is 4.79 Å². The van der Waals surface area contributed by atoms with Gasteiger partial charge in [-0.1, -0.05) is 30.2 Å². The summed E-state index contributed by atoms with van der Waals surface area (Å²) in [6.07, 6.45) is 4.97. The van der Waals surface area contributed by atoms with Crippen molar-refractivity contribution in [1.82, 2.24) is 9.97 Å². The summed E-state index contributed by atoms with van der Waals surface area (Å²) in [5, 5.41) is 8.92. The third-order valence-electron chi connectivity index (χ3n) is 2.90. The van der Waals surface area contributed by atoms with Crippen molar-refractivity contribution in [3.63, 3.8) is 0 Å². The van der Waals surface area contributed by atoms with Crippen LogP contribution < -0.4 is 0 Å². The van der Waals surface area contributed by atoms with Crippen molar-refractivity contribution in [2.45, 2.75) is 19.3 Å². The summed E-state index contributed by atoms with van der Waals surface area (Å²) in [5.41, 5.74) is 2.82. The highest BCUT2D eigenvalue weighted by molar-refractivity contribution is 5.69. The number of aliphatic carboxylic acids is 1. The zero-order valence-corrected chi connectivity index (χ0v) is 11.1. The van der Waals surface area contributed by atoms with Crippen molar-refractivity contribution in [1.29, 1.82) is 0 Å². The number of nitrogens with zero attached hydrogens (tertiary/aromatic N) is 2. The summed E-state index contributed by atoms with van der Waals surface area (Å²) >= 11 is 0. The second-order valence-corrected chi connectivity index (χ2v) is 4.29. The molecule has 0 spiro atoms. The largest absolute Gasteiger partial charge is 0.481 e. The minimum absolute atomic E-state index is 0.00857.